The van der Waals surface area contributed by atoms with E-state index in [4.69, 9.17) is 0 Å². The summed E-state index contributed by atoms with van der Waals surface area (Å²) in [6.45, 7) is 5.32. The molecule has 2 nitrogen and oxygen atoms in total. The summed E-state index contributed by atoms with van der Waals surface area (Å²) in [5.41, 5.74) is 0.593. The summed E-state index contributed by atoms with van der Waals surface area (Å²) in [4.78, 5) is 0.549. The molecule has 0 bridgehead atoms. The molecule has 0 saturated carbocycles. The van der Waals surface area contributed by atoms with Crippen LogP contribution in [0.15, 0.2) is 51.8 Å². The Balaban J connectivity index is 2.57. The van der Waals surface area contributed by atoms with E-state index in [1.54, 1.807) is 45.0 Å². The zero-order valence-corrected chi connectivity index (χ0v) is 15.7. The molecule has 0 saturated heterocycles. The van der Waals surface area contributed by atoms with Crippen molar-refractivity contribution in [2.45, 2.75) is 36.6 Å². The fourth-order valence-electron chi connectivity index (χ4n) is 2.04. The van der Waals surface area contributed by atoms with Gasteiger partial charge in [-0.25, -0.2) is 0 Å². The summed E-state index contributed by atoms with van der Waals surface area (Å²) in [6.07, 6.45) is -3.10. The first kappa shape index (κ1) is 19.9. The van der Waals surface area contributed by atoms with Gasteiger partial charge in [0.15, 0.2) is 0 Å². The summed E-state index contributed by atoms with van der Waals surface area (Å²) in [5.74, 6) is 0. The number of nitrogens with zero attached hydrogens (tertiary/aromatic N) is 1. The van der Waals surface area contributed by atoms with Gasteiger partial charge in [0.05, 0.1) is 11.8 Å². The summed E-state index contributed by atoms with van der Waals surface area (Å²) < 4.78 is 54.8. The zero-order chi connectivity index (χ0) is 18.8. The normalized spacial score (nSPS) is 14.1. The molecule has 1 atom stereocenters. The Morgan fingerprint density at radius 2 is 1.68 bits per heavy atom. The van der Waals surface area contributed by atoms with Crippen molar-refractivity contribution < 1.29 is 17.7 Å². The van der Waals surface area contributed by atoms with Crippen LogP contribution in [-0.2, 0) is 17.5 Å². The van der Waals surface area contributed by atoms with Crippen LogP contribution in [0.25, 0.3) is 11.1 Å². The number of rotatable bonds is 3. The van der Waals surface area contributed by atoms with Crippen LogP contribution in [0, 0.1) is 0 Å². The van der Waals surface area contributed by atoms with Crippen LogP contribution >= 0.6 is 12.6 Å². The Morgan fingerprint density at radius 1 is 1.04 bits per heavy atom. The van der Waals surface area contributed by atoms with E-state index in [-0.39, 0.29) is 0 Å². The molecular formula is C18H18F3NOS2. The quantitative estimate of drug-likeness (QED) is 0.420. The van der Waals surface area contributed by atoms with Crippen molar-refractivity contribution in [1.82, 2.24) is 0 Å². The predicted octanol–water partition coefficient (Wildman–Crippen LogP) is 5.54. The predicted molar refractivity (Wildman–Crippen MR) is 99.6 cm³/mol. The summed E-state index contributed by atoms with van der Waals surface area (Å²) >= 11 is 2.83. The Bertz CT molecular complexity index is 783. The second kappa shape index (κ2) is 7.43. The molecule has 134 valence electrons. The molecule has 0 aromatic heterocycles. The first-order valence-corrected chi connectivity index (χ1v) is 9.01. The van der Waals surface area contributed by atoms with Gasteiger partial charge in [0.2, 0.25) is 0 Å². The number of thiol groups is 1. The van der Waals surface area contributed by atoms with Crippen LogP contribution < -0.4 is 0 Å². The smallest absolute Gasteiger partial charge is 0.416 e. The van der Waals surface area contributed by atoms with E-state index in [9.17, 15) is 17.7 Å². The van der Waals surface area contributed by atoms with Crippen LogP contribution in [0.5, 0.6) is 0 Å². The molecular weight excluding hydrogens is 367 g/mol. The van der Waals surface area contributed by atoms with Crippen molar-refractivity contribution in [3.8, 4) is 11.1 Å². The molecule has 0 N–H and O–H groups in total. The molecule has 0 spiro atoms. The van der Waals surface area contributed by atoms with Crippen molar-refractivity contribution in [3.05, 3.63) is 53.6 Å². The highest BCUT2D eigenvalue weighted by Crippen LogP contribution is 2.35. The van der Waals surface area contributed by atoms with Crippen molar-refractivity contribution in [1.29, 1.82) is 0 Å². The molecule has 0 aliphatic heterocycles. The van der Waals surface area contributed by atoms with Crippen LogP contribution in [0.2, 0.25) is 0 Å². The molecule has 0 fully saturated rings. The Kier molecular flexibility index (Phi) is 5.91. The summed E-state index contributed by atoms with van der Waals surface area (Å²) in [6, 6.07) is 10.3. The van der Waals surface area contributed by atoms with Crippen LogP contribution in [0.3, 0.4) is 0 Å². The van der Waals surface area contributed by atoms with E-state index in [1.807, 2.05) is 0 Å². The maximum Gasteiger partial charge on any atom is 0.416 e. The number of hydrogen-bond donors (Lipinski definition) is 1. The van der Waals surface area contributed by atoms with E-state index in [0.717, 1.165) is 12.1 Å². The van der Waals surface area contributed by atoms with Gasteiger partial charge >= 0.3 is 6.18 Å². The molecule has 0 aliphatic rings. The van der Waals surface area contributed by atoms with Gasteiger partial charge in [-0.15, -0.1) is 12.6 Å². The molecule has 0 aliphatic carbocycles. The highest BCUT2D eigenvalue weighted by Gasteiger charge is 2.31. The van der Waals surface area contributed by atoms with Gasteiger partial charge in [-0.3, -0.25) is 0 Å². The van der Waals surface area contributed by atoms with Gasteiger partial charge in [-0.2, -0.15) is 13.2 Å². The number of benzene rings is 2. The van der Waals surface area contributed by atoms with Crippen molar-refractivity contribution in [2.75, 3.05) is 0 Å². The first-order valence-electron chi connectivity index (χ1n) is 7.46. The van der Waals surface area contributed by atoms with Crippen molar-refractivity contribution >= 4 is 30.2 Å². The monoisotopic (exact) mass is 385 g/mol. The van der Waals surface area contributed by atoms with E-state index in [2.05, 4.69) is 17.0 Å². The average Bonchev–Trinajstić information content (AvgIpc) is 2.51. The van der Waals surface area contributed by atoms with Gasteiger partial charge in [0, 0.05) is 10.5 Å². The third kappa shape index (κ3) is 5.03. The van der Waals surface area contributed by atoms with Gasteiger partial charge in [0.1, 0.15) is 16.1 Å². The second-order valence-corrected chi connectivity index (χ2v) is 8.83. The SMILES string of the molecule is CC(C)(C)[S+]([O-])N=Cc1ccc(C(F)(F)F)cc1-c1ccccc1S. The second-order valence-electron chi connectivity index (χ2n) is 6.41. The van der Waals surface area contributed by atoms with Gasteiger partial charge in [0.25, 0.3) is 0 Å². The highest BCUT2D eigenvalue weighted by atomic mass is 32.2. The molecule has 0 radical (unpaired) electrons. The lowest BCUT2D eigenvalue weighted by atomic mass is 9.97. The van der Waals surface area contributed by atoms with Crippen LogP contribution in [-0.4, -0.2) is 15.5 Å². The number of hydrogen-bond acceptors (Lipinski definition) is 3. The molecule has 2 rings (SSSR count). The average molecular weight is 385 g/mol. The molecule has 0 heterocycles. The molecule has 2 aromatic rings. The lowest BCUT2D eigenvalue weighted by Gasteiger charge is -2.18. The topological polar surface area (TPSA) is 35.4 Å². The van der Waals surface area contributed by atoms with Gasteiger partial charge < -0.3 is 4.55 Å². The summed E-state index contributed by atoms with van der Waals surface area (Å²) in [7, 11) is 0. The van der Waals surface area contributed by atoms with Crippen LogP contribution in [0.4, 0.5) is 13.2 Å². The Morgan fingerprint density at radius 3 is 2.24 bits per heavy atom. The lowest BCUT2D eigenvalue weighted by molar-refractivity contribution is -0.137. The lowest BCUT2D eigenvalue weighted by Crippen LogP contribution is -2.25. The minimum Gasteiger partial charge on any atom is -0.591 e. The van der Waals surface area contributed by atoms with Crippen molar-refractivity contribution in [2.24, 2.45) is 4.40 Å². The van der Waals surface area contributed by atoms with E-state index >= 15 is 0 Å². The largest absolute Gasteiger partial charge is 0.591 e. The van der Waals surface area contributed by atoms with E-state index < -0.39 is 27.8 Å². The van der Waals surface area contributed by atoms with Gasteiger partial charge in [-0.05, 0) is 50.1 Å². The number of halogens is 3. The third-order valence-electron chi connectivity index (χ3n) is 3.39. The maximum atomic E-state index is 13.1. The number of alkyl halides is 3. The maximum absolute atomic E-state index is 13.1. The highest BCUT2D eigenvalue weighted by molar-refractivity contribution is 7.91. The third-order valence-corrected chi connectivity index (χ3v) is 5.12. The van der Waals surface area contributed by atoms with E-state index in [0.29, 0.717) is 21.6 Å². The van der Waals surface area contributed by atoms with Crippen LogP contribution in [0.1, 0.15) is 31.9 Å². The molecule has 0 amide bonds. The summed E-state index contributed by atoms with van der Waals surface area (Å²) in [5, 5.41) is 0. The van der Waals surface area contributed by atoms with Gasteiger partial charge in [-0.1, -0.05) is 28.7 Å². The fourth-order valence-corrected chi connectivity index (χ4v) is 2.85. The molecule has 2 aromatic carbocycles. The Hall–Kier alpha value is -1.44. The fraction of sp³-hybridized carbons (Fsp3) is 0.278. The van der Waals surface area contributed by atoms with E-state index in [1.165, 1.54) is 12.3 Å². The first-order chi connectivity index (χ1) is 11.5. The minimum atomic E-state index is -4.45. The molecule has 7 heteroatoms. The molecule has 1 unspecified atom stereocenters. The Labute approximate surface area is 153 Å². The molecule has 25 heavy (non-hydrogen) atoms. The van der Waals surface area contributed by atoms with Crippen molar-refractivity contribution in [3.63, 3.8) is 0 Å². The minimum absolute atomic E-state index is 0.343. The standard InChI is InChI=1S/C18H18F3NOS2/c1-17(2,3)25(23)22-11-12-8-9-13(18(19,20)21)10-15(12)14-6-4-5-7-16(14)24/h4-11,24H,1-3H3. The zero-order valence-electron chi connectivity index (χ0n) is 14.0.